The summed E-state index contributed by atoms with van der Waals surface area (Å²) in [4.78, 5) is 15.8. The van der Waals surface area contributed by atoms with Crippen LogP contribution < -0.4 is 0 Å². The smallest absolute Gasteiger partial charge is 0.248 e. The molecule has 1 saturated heterocycles. The molecule has 9 heavy (non-hydrogen) atoms. The van der Waals surface area contributed by atoms with Crippen molar-refractivity contribution in [3.8, 4) is 0 Å². The molecular weight excluding hydrogens is 233 g/mol. The third-order valence-corrected chi connectivity index (χ3v) is 2.22. The number of amides is 1. The van der Waals surface area contributed by atoms with Crippen molar-refractivity contribution >= 4 is 28.5 Å². The predicted molar refractivity (Wildman–Crippen MR) is 41.1 cm³/mol. The fourth-order valence-corrected chi connectivity index (χ4v) is 1.20. The molecule has 0 N–H and O–H groups in total. The summed E-state index contributed by atoms with van der Waals surface area (Å²) in [5.74, 6) is 0.0802. The van der Waals surface area contributed by atoms with Gasteiger partial charge in [-0.3, -0.25) is 9.63 Å². The minimum atomic E-state index is 0.0802. The van der Waals surface area contributed by atoms with Crippen LogP contribution >= 0.6 is 22.6 Å². The number of rotatable bonds is 1. The largest absolute Gasteiger partial charge is 0.272 e. The van der Waals surface area contributed by atoms with E-state index in [-0.39, 0.29) is 12.0 Å². The van der Waals surface area contributed by atoms with Crippen molar-refractivity contribution < 1.29 is 9.63 Å². The molecule has 0 radical (unpaired) electrons. The number of nitrogens with zero attached hydrogens (tertiary/aromatic N) is 1. The Hall–Kier alpha value is 0.160. The van der Waals surface area contributed by atoms with Gasteiger partial charge in [-0.05, 0) is 0 Å². The molecule has 1 unspecified atom stereocenters. The molecule has 0 saturated carbocycles. The molecule has 0 bridgehead atoms. The second-order valence-electron chi connectivity index (χ2n) is 1.98. The Morgan fingerprint density at radius 3 is 2.89 bits per heavy atom. The minimum Gasteiger partial charge on any atom is -0.272 e. The molecule has 1 aliphatic rings. The zero-order valence-corrected chi connectivity index (χ0v) is 7.29. The van der Waals surface area contributed by atoms with Crippen LogP contribution in [0, 0.1) is 0 Å². The molecule has 0 aromatic carbocycles. The fraction of sp³-hybridized carbons (Fsp3) is 0.800. The van der Waals surface area contributed by atoms with Gasteiger partial charge in [0.15, 0.2) is 0 Å². The van der Waals surface area contributed by atoms with Crippen LogP contribution in [-0.2, 0) is 9.63 Å². The third kappa shape index (κ3) is 1.54. The second-order valence-corrected chi connectivity index (χ2v) is 2.86. The maximum atomic E-state index is 10.7. The molecule has 1 rings (SSSR count). The lowest BCUT2D eigenvalue weighted by Gasteiger charge is -2.07. The Bertz CT molecular complexity index is 128. The summed E-state index contributed by atoms with van der Waals surface area (Å²) in [6, 6.07) is 0. The number of hydrogen-bond acceptors (Lipinski definition) is 2. The number of hydroxylamine groups is 2. The molecule has 1 heterocycles. The molecule has 0 aromatic rings. The van der Waals surface area contributed by atoms with Gasteiger partial charge in [-0.25, -0.2) is 5.06 Å². The van der Waals surface area contributed by atoms with Crippen LogP contribution in [0.2, 0.25) is 0 Å². The molecule has 1 atom stereocenters. The molecule has 1 amide bonds. The van der Waals surface area contributed by atoms with Crippen LogP contribution in [0.5, 0.6) is 0 Å². The van der Waals surface area contributed by atoms with Gasteiger partial charge in [0, 0.05) is 11.5 Å². The van der Waals surface area contributed by atoms with Crippen molar-refractivity contribution in [2.45, 2.75) is 12.5 Å². The average Bonchev–Trinajstić information content (AvgIpc) is 2.13. The molecule has 0 aromatic heterocycles. The second kappa shape index (κ2) is 2.83. The Kier molecular flexibility index (Phi) is 2.29. The number of halogens is 1. The first-order valence-electron chi connectivity index (χ1n) is 2.73. The lowest BCUT2D eigenvalue weighted by atomic mass is 10.3. The highest BCUT2D eigenvalue weighted by Gasteiger charge is 2.26. The lowest BCUT2D eigenvalue weighted by Crippen LogP contribution is -2.17. The van der Waals surface area contributed by atoms with E-state index in [0.29, 0.717) is 6.42 Å². The first-order valence-corrected chi connectivity index (χ1v) is 4.26. The van der Waals surface area contributed by atoms with E-state index in [9.17, 15) is 4.79 Å². The van der Waals surface area contributed by atoms with Crippen LogP contribution in [0.1, 0.15) is 6.42 Å². The molecule has 1 fully saturated rings. The van der Waals surface area contributed by atoms with E-state index in [0.717, 1.165) is 4.43 Å². The van der Waals surface area contributed by atoms with Gasteiger partial charge in [0.25, 0.3) is 0 Å². The molecule has 1 aliphatic heterocycles. The fourth-order valence-electron chi connectivity index (χ4n) is 0.726. The van der Waals surface area contributed by atoms with Gasteiger partial charge in [-0.1, -0.05) is 22.6 Å². The molecule has 0 spiro atoms. The number of alkyl halides is 1. The zero-order chi connectivity index (χ0) is 6.85. The lowest BCUT2D eigenvalue weighted by molar-refractivity contribution is -0.161. The summed E-state index contributed by atoms with van der Waals surface area (Å²) in [6.07, 6.45) is 0.655. The van der Waals surface area contributed by atoms with Crippen molar-refractivity contribution in [2.75, 3.05) is 11.5 Å². The van der Waals surface area contributed by atoms with E-state index in [1.54, 1.807) is 7.05 Å². The van der Waals surface area contributed by atoms with E-state index >= 15 is 0 Å². The monoisotopic (exact) mass is 241 g/mol. The molecule has 3 nitrogen and oxygen atoms in total. The van der Waals surface area contributed by atoms with Gasteiger partial charge in [0.2, 0.25) is 5.91 Å². The summed E-state index contributed by atoms with van der Waals surface area (Å²) in [6.45, 7) is 0. The van der Waals surface area contributed by atoms with E-state index in [2.05, 4.69) is 22.6 Å². The first-order chi connectivity index (χ1) is 4.24. The van der Waals surface area contributed by atoms with Crippen molar-refractivity contribution in [1.29, 1.82) is 0 Å². The highest BCUT2D eigenvalue weighted by atomic mass is 127. The maximum Gasteiger partial charge on any atom is 0.248 e. The van der Waals surface area contributed by atoms with E-state index in [1.165, 1.54) is 5.06 Å². The highest BCUT2D eigenvalue weighted by molar-refractivity contribution is 14.1. The van der Waals surface area contributed by atoms with Gasteiger partial charge in [0.05, 0.1) is 6.42 Å². The van der Waals surface area contributed by atoms with Crippen LogP contribution in [0.3, 0.4) is 0 Å². The minimum absolute atomic E-state index is 0.0802. The van der Waals surface area contributed by atoms with Gasteiger partial charge >= 0.3 is 0 Å². The Morgan fingerprint density at radius 1 is 2.00 bits per heavy atom. The SMILES string of the molecule is CN1OC(CI)CC1=O. The van der Waals surface area contributed by atoms with E-state index in [4.69, 9.17) is 4.84 Å². The molecule has 4 heteroatoms. The number of carbonyl (C=O) groups is 1. The van der Waals surface area contributed by atoms with Crippen LogP contribution in [0.15, 0.2) is 0 Å². The predicted octanol–water partition coefficient (Wildman–Crippen LogP) is 0.584. The molecule has 0 aliphatic carbocycles. The van der Waals surface area contributed by atoms with Gasteiger partial charge in [-0.15, -0.1) is 0 Å². The Morgan fingerprint density at radius 2 is 2.67 bits per heavy atom. The Balaban J connectivity index is 2.44. The highest BCUT2D eigenvalue weighted by Crippen LogP contribution is 2.14. The number of hydrogen-bond donors (Lipinski definition) is 0. The molecular formula is C5H8INO2. The van der Waals surface area contributed by atoms with E-state index in [1.807, 2.05) is 0 Å². The van der Waals surface area contributed by atoms with Crippen molar-refractivity contribution in [2.24, 2.45) is 0 Å². The van der Waals surface area contributed by atoms with Crippen molar-refractivity contribution in [3.05, 3.63) is 0 Å². The van der Waals surface area contributed by atoms with Crippen LogP contribution in [0.25, 0.3) is 0 Å². The quantitative estimate of drug-likeness (QED) is 0.496. The first kappa shape index (κ1) is 7.27. The molecule has 52 valence electrons. The summed E-state index contributed by atoms with van der Waals surface area (Å²) in [7, 11) is 1.65. The zero-order valence-electron chi connectivity index (χ0n) is 5.13. The third-order valence-electron chi connectivity index (χ3n) is 1.23. The van der Waals surface area contributed by atoms with Crippen molar-refractivity contribution in [3.63, 3.8) is 0 Å². The summed E-state index contributed by atoms with van der Waals surface area (Å²) >= 11 is 2.21. The normalized spacial score (nSPS) is 27.6. The summed E-state index contributed by atoms with van der Waals surface area (Å²) in [5.41, 5.74) is 0. The number of carbonyl (C=O) groups excluding carboxylic acids is 1. The van der Waals surface area contributed by atoms with Gasteiger partial charge in [-0.2, -0.15) is 0 Å². The van der Waals surface area contributed by atoms with Crippen LogP contribution in [0.4, 0.5) is 0 Å². The van der Waals surface area contributed by atoms with Gasteiger partial charge in [0.1, 0.15) is 6.10 Å². The average molecular weight is 241 g/mol. The Labute approximate surface area is 67.4 Å². The summed E-state index contributed by atoms with van der Waals surface area (Å²) < 4.78 is 0.883. The summed E-state index contributed by atoms with van der Waals surface area (Å²) in [5, 5.41) is 1.31. The maximum absolute atomic E-state index is 10.7. The van der Waals surface area contributed by atoms with Crippen LogP contribution in [-0.4, -0.2) is 28.5 Å². The topological polar surface area (TPSA) is 29.5 Å². The van der Waals surface area contributed by atoms with Gasteiger partial charge < -0.3 is 0 Å². The van der Waals surface area contributed by atoms with Crippen molar-refractivity contribution in [1.82, 2.24) is 5.06 Å². The van der Waals surface area contributed by atoms with E-state index < -0.39 is 0 Å². The standard InChI is InChI=1S/C5H8INO2/c1-7-5(8)2-4(3-6)9-7/h4H,2-3H2,1H3.